The Morgan fingerprint density at radius 3 is 1.43 bits per heavy atom. The zero-order valence-corrected chi connectivity index (χ0v) is 43.4. The van der Waals surface area contributed by atoms with Crippen LogP contribution in [-0.4, -0.2) is 46.9 Å². The molecule has 1 aromatic rings. The molecule has 1 heterocycles. The number of primary amides is 1. The summed E-state index contributed by atoms with van der Waals surface area (Å²) in [6.07, 6.45) is 21.3. The van der Waals surface area contributed by atoms with E-state index in [0.717, 1.165) is 38.0 Å². The Bertz CT molecular complexity index is 770. The summed E-state index contributed by atoms with van der Waals surface area (Å²) in [5, 5.41) is 13.3. The van der Waals surface area contributed by atoms with Crippen LogP contribution < -0.4 is 227 Å². The molecule has 0 fully saturated rings. The minimum Gasteiger partial charge on any atom is -1.00 e. The number of terminal acetylenes is 2. The number of unbranched alkanes of at least 4 members (excludes halogenated alkanes) is 4. The second kappa shape index (κ2) is 104. The molecule has 0 unspecified atom stereocenters. The number of nitrogens with zero attached hydrogens (tertiary/aromatic N) is 5. The molecule has 0 saturated heterocycles. The van der Waals surface area contributed by atoms with Crippen LogP contribution in [0.5, 0.6) is 0 Å². The molecule has 15 heteroatoms. The third kappa shape index (κ3) is 156. The van der Waals surface area contributed by atoms with E-state index in [1.807, 2.05) is 34.0 Å². The van der Waals surface area contributed by atoms with Crippen molar-refractivity contribution in [3.8, 4) is 24.7 Å². The maximum absolute atomic E-state index is 10.9. The molecule has 0 radical (unpaired) electrons. The van der Waals surface area contributed by atoms with E-state index in [-0.39, 0.29) is 260 Å². The average Bonchev–Trinajstić information content (AvgIpc) is 3.30. The number of amides is 2. The summed E-state index contributed by atoms with van der Waals surface area (Å²) in [7, 11) is 3.30. The fraction of sp³-hybridized carbons (Fsp3) is 0.765. The molecule has 0 spiro atoms. The Hall–Kier alpha value is 3.02. The Kier molecular flexibility index (Phi) is 210. The molecule has 0 saturated carbocycles. The van der Waals surface area contributed by atoms with Gasteiger partial charge in [-0.2, -0.15) is 0 Å². The van der Waals surface area contributed by atoms with Gasteiger partial charge >= 0.3 is 206 Å². The van der Waals surface area contributed by atoms with E-state index in [1.165, 1.54) is 39.2 Å². The van der Waals surface area contributed by atoms with Crippen molar-refractivity contribution >= 4 is 11.8 Å². The molecular formula is C34H84K4N9O2+. The first-order valence-electron chi connectivity index (χ1n) is 13.8. The predicted molar refractivity (Wildman–Crippen MR) is 206 cm³/mol. The Labute approximate surface area is 483 Å². The largest absolute Gasteiger partial charge is 1.00 e. The van der Waals surface area contributed by atoms with Crippen molar-refractivity contribution in [1.29, 1.82) is 5.53 Å². The molecule has 0 aliphatic rings. The van der Waals surface area contributed by atoms with Crippen molar-refractivity contribution in [2.45, 2.75) is 150 Å². The van der Waals surface area contributed by atoms with Gasteiger partial charge < -0.3 is 22.5 Å². The van der Waals surface area contributed by atoms with Crippen LogP contribution in [0, 0.1) is 37.1 Å². The summed E-state index contributed by atoms with van der Waals surface area (Å²) >= 11 is 0. The second-order valence-electron chi connectivity index (χ2n) is 7.93. The number of nitrogens with two attached hydrogens (primary N) is 2. The van der Waals surface area contributed by atoms with E-state index in [2.05, 4.69) is 64.2 Å². The smallest absolute Gasteiger partial charge is 1.00 e. The topological polar surface area (TPSA) is 179 Å². The molecule has 0 aliphatic heterocycles. The van der Waals surface area contributed by atoms with Gasteiger partial charge in [-0.15, -0.1) is 29.8 Å². The summed E-state index contributed by atoms with van der Waals surface area (Å²) in [6, 6.07) is 0. The number of hydrogen-bond donors (Lipinski definition) is 4. The molecule has 6 N–H and O–H groups in total. The van der Waals surface area contributed by atoms with Gasteiger partial charge in [0.2, 0.25) is 16.7 Å². The molecule has 0 atom stereocenters. The third-order valence-corrected chi connectivity index (χ3v) is 3.70. The number of carbonyl (C=O) groups is 2. The first-order chi connectivity index (χ1) is 19.0. The Balaban J connectivity index is -0.0000000149. The van der Waals surface area contributed by atoms with Crippen LogP contribution >= 0.6 is 0 Å². The van der Waals surface area contributed by atoms with Crippen molar-refractivity contribution < 1.29 is 221 Å². The number of aromatic nitrogens is 3. The quantitative estimate of drug-likeness (QED) is 0.0602. The zero-order chi connectivity index (χ0) is 32.5. The van der Waals surface area contributed by atoms with Gasteiger partial charge in [0.1, 0.15) is 17.7 Å². The van der Waals surface area contributed by atoms with Gasteiger partial charge in [-0.1, -0.05) is 95.7 Å². The van der Waals surface area contributed by atoms with Crippen molar-refractivity contribution in [2.24, 2.45) is 23.6 Å². The molecule has 49 heavy (non-hydrogen) atoms. The number of rotatable bonds is 11. The monoisotopic (exact) mass is 807 g/mol. The molecule has 280 valence electrons. The van der Waals surface area contributed by atoms with Crippen LogP contribution in [0.3, 0.4) is 0 Å². The van der Waals surface area contributed by atoms with Gasteiger partial charge in [-0.3, -0.25) is 14.3 Å². The number of aryl methyl sites for hydroxylation is 2. The van der Waals surface area contributed by atoms with E-state index in [0.29, 0.717) is 12.8 Å². The number of hydrogen-bond acceptors (Lipinski definition) is 7. The first-order valence-corrected chi connectivity index (χ1v) is 13.8. The van der Waals surface area contributed by atoms with Gasteiger partial charge in [0.05, 0.1) is 5.69 Å². The van der Waals surface area contributed by atoms with Crippen LogP contribution in [0.4, 0.5) is 0 Å². The van der Waals surface area contributed by atoms with Crippen LogP contribution in [-0.2, 0) is 16.6 Å². The minimum absolute atomic E-state index is 0. The Morgan fingerprint density at radius 2 is 1.27 bits per heavy atom. The van der Waals surface area contributed by atoms with Gasteiger partial charge in [-0.25, -0.2) is 0 Å². The zero-order valence-electron chi connectivity index (χ0n) is 34.9. The van der Waals surface area contributed by atoms with Gasteiger partial charge in [0.15, 0.2) is 0 Å². The SMILES string of the molecule is C.C.C.C.C.C#CC.C#CC.CCCC(N)=O.CCCCCN.CCCCCNC(=O)CCC.CN=[N+]=N.Cc1cn(C)nn1.[H-].[H-].[H-].[H-].[K+].[K+].[K+].[K+]. The molecule has 0 aliphatic carbocycles. The van der Waals surface area contributed by atoms with Gasteiger partial charge in [0.25, 0.3) is 0 Å². The molecule has 11 nitrogen and oxygen atoms in total. The second-order valence-corrected chi connectivity index (χ2v) is 7.93. The van der Waals surface area contributed by atoms with E-state index in [4.69, 9.17) is 17.0 Å². The molecule has 1 rings (SSSR count). The molecule has 0 aromatic carbocycles. The average molecular weight is 807 g/mol. The summed E-state index contributed by atoms with van der Waals surface area (Å²) < 4.78 is 1.68. The van der Waals surface area contributed by atoms with E-state index >= 15 is 0 Å². The van der Waals surface area contributed by atoms with Crippen molar-refractivity contribution in [3.63, 3.8) is 0 Å². The van der Waals surface area contributed by atoms with Crippen molar-refractivity contribution in [2.75, 3.05) is 20.1 Å². The third-order valence-electron chi connectivity index (χ3n) is 3.70. The Morgan fingerprint density at radius 1 is 0.898 bits per heavy atom. The maximum atomic E-state index is 10.9. The minimum atomic E-state index is -0.211. The van der Waals surface area contributed by atoms with E-state index in [9.17, 15) is 9.59 Å². The van der Waals surface area contributed by atoms with Gasteiger partial charge in [-0.05, 0) is 53.0 Å². The van der Waals surface area contributed by atoms with Crippen molar-refractivity contribution in [1.82, 2.24) is 25.2 Å². The van der Waals surface area contributed by atoms with Crippen LogP contribution in [0.2, 0.25) is 0 Å². The first kappa shape index (κ1) is 98.8. The fourth-order valence-corrected chi connectivity index (χ4v) is 2.02. The van der Waals surface area contributed by atoms with Crippen LogP contribution in [0.25, 0.3) is 0 Å². The number of carbonyl (C=O) groups excluding carboxylic acids is 2. The van der Waals surface area contributed by atoms with E-state index in [1.54, 1.807) is 18.5 Å². The summed E-state index contributed by atoms with van der Waals surface area (Å²) in [5.41, 5.74) is 16.8. The van der Waals surface area contributed by atoms with Gasteiger partial charge in [0, 0.05) is 32.6 Å². The summed E-state index contributed by atoms with van der Waals surface area (Å²) in [5.74, 6) is 4.49. The standard InChI is InChI=1S/C9H19NO.C5H13N.C4H7N3.C4H9NO.2C3H4.CH4N3.5CH4.4K.4H/c1-3-5-6-8-10-9(11)7-4-2;1-2-3-4-5-6;1-4-3-7(2)6-5-4;1-2-3-4(5)6;2*1-3-2;1-3-4-2;;;;;;;;;;;;;/h3-8H2,1-2H3,(H,10,11);2-6H2,1H3;3H,1-2H3;2-3H2,1H3,(H2,5,6);2*1H,2H3;2H,1H3;5*1H4;;;;;;;;/q;;;;;;+1;;;;;;4*+1;4*-1. The predicted octanol–water partition coefficient (Wildman–Crippen LogP) is -3.28. The fourth-order valence-electron chi connectivity index (χ4n) is 2.02. The molecular weight excluding hydrogens is 723 g/mol. The summed E-state index contributed by atoms with van der Waals surface area (Å²) in [4.78, 5) is 23.3. The van der Waals surface area contributed by atoms with Crippen LogP contribution in [0.15, 0.2) is 11.3 Å². The molecule has 2 amide bonds. The van der Waals surface area contributed by atoms with Crippen LogP contribution in [0.1, 0.15) is 154 Å². The normalized spacial score (nSPS) is 6.29. The maximum Gasteiger partial charge on any atom is 1.00 e. The molecule has 0 bridgehead atoms. The van der Waals surface area contributed by atoms with Crippen molar-refractivity contribution in [3.05, 3.63) is 11.9 Å². The molecule has 1 aromatic heterocycles. The number of nitrogens with one attached hydrogen (secondary N) is 2. The van der Waals surface area contributed by atoms with E-state index < -0.39 is 0 Å². The summed E-state index contributed by atoms with van der Waals surface area (Å²) in [6.45, 7) is 15.2.